The van der Waals surface area contributed by atoms with Gasteiger partial charge in [0.1, 0.15) is 0 Å². The number of carbonyl (C=O) groups is 2. The fraction of sp³-hybridized carbons (Fsp3) is 0.529. The van der Waals surface area contributed by atoms with Crippen molar-refractivity contribution >= 4 is 17.6 Å². The van der Waals surface area contributed by atoms with Crippen molar-refractivity contribution in [1.29, 1.82) is 0 Å². The lowest BCUT2D eigenvalue weighted by atomic mass is 9.87. The Bertz CT molecular complexity index is 528. The van der Waals surface area contributed by atoms with Crippen LogP contribution in [0.4, 0.5) is 5.69 Å². The molecule has 1 fully saturated rings. The number of esters is 1. The molecule has 0 bridgehead atoms. The Balaban J connectivity index is 1.81. The Morgan fingerprint density at radius 3 is 2.29 bits per heavy atom. The molecule has 0 unspecified atom stereocenters. The number of benzene rings is 1. The molecule has 0 radical (unpaired) electrons. The second kappa shape index (κ2) is 5.88. The molecule has 0 heterocycles. The molecule has 4 heteroatoms. The van der Waals surface area contributed by atoms with Gasteiger partial charge in [-0.05, 0) is 35.4 Å². The second-order valence-electron chi connectivity index (χ2n) is 6.80. The van der Waals surface area contributed by atoms with Crippen LogP contribution in [0, 0.1) is 11.8 Å². The molecule has 1 aromatic carbocycles. The molecule has 1 aromatic rings. The Hall–Kier alpha value is -1.84. The maximum Gasteiger partial charge on any atom is 0.309 e. The van der Waals surface area contributed by atoms with Gasteiger partial charge in [-0.25, -0.2) is 0 Å². The number of hydrogen-bond acceptors (Lipinski definition) is 3. The van der Waals surface area contributed by atoms with E-state index in [1.54, 1.807) is 0 Å². The third kappa shape index (κ3) is 4.31. The normalized spacial score (nSPS) is 20.8. The Morgan fingerprint density at radius 2 is 1.81 bits per heavy atom. The predicted octanol–water partition coefficient (Wildman–Crippen LogP) is 3.12. The molecule has 4 nitrogen and oxygen atoms in total. The van der Waals surface area contributed by atoms with Gasteiger partial charge in [0.2, 0.25) is 0 Å². The van der Waals surface area contributed by atoms with E-state index in [-0.39, 0.29) is 29.8 Å². The summed E-state index contributed by atoms with van der Waals surface area (Å²) in [4.78, 5) is 23.3. The van der Waals surface area contributed by atoms with Crippen LogP contribution in [-0.4, -0.2) is 18.5 Å². The zero-order chi connectivity index (χ0) is 15.6. The lowest BCUT2D eigenvalue weighted by Gasteiger charge is -2.19. The quantitative estimate of drug-likeness (QED) is 0.866. The highest BCUT2D eigenvalue weighted by Gasteiger charge is 2.40. The highest BCUT2D eigenvalue weighted by atomic mass is 16.5. The summed E-state index contributed by atoms with van der Waals surface area (Å²) in [6, 6.07) is 7.72. The number of rotatable bonds is 4. The number of carbonyl (C=O) groups excluding carboxylic acids is 2. The van der Waals surface area contributed by atoms with E-state index >= 15 is 0 Å². The summed E-state index contributed by atoms with van der Waals surface area (Å²) in [7, 11) is 0. The minimum Gasteiger partial charge on any atom is -0.455 e. The maximum absolute atomic E-state index is 11.7. The van der Waals surface area contributed by atoms with E-state index in [4.69, 9.17) is 4.74 Å². The molecule has 21 heavy (non-hydrogen) atoms. The van der Waals surface area contributed by atoms with Crippen LogP contribution < -0.4 is 5.32 Å². The Morgan fingerprint density at radius 1 is 1.24 bits per heavy atom. The average molecular weight is 289 g/mol. The summed E-state index contributed by atoms with van der Waals surface area (Å²) in [5.41, 5.74) is 2.00. The van der Waals surface area contributed by atoms with Crippen molar-refractivity contribution in [3.63, 3.8) is 0 Å². The van der Waals surface area contributed by atoms with Crippen LogP contribution in [0.25, 0.3) is 0 Å². The van der Waals surface area contributed by atoms with E-state index in [2.05, 4.69) is 26.1 Å². The molecule has 1 N–H and O–H groups in total. The molecule has 0 spiro atoms. The molecular weight excluding hydrogens is 266 g/mol. The molecule has 2 rings (SSSR count). The molecule has 0 aromatic heterocycles. The molecular formula is C17H23NO3. The topological polar surface area (TPSA) is 55.4 Å². The molecule has 2 atom stereocenters. The standard InChI is InChI=1S/C17H23NO3/c1-11-9-14(11)16(20)21-10-15(19)18-13-7-5-12(6-8-13)17(2,3)4/h5-8,11,14H,9-10H2,1-4H3,(H,18,19)/t11-,14+/m0/s1. The Labute approximate surface area is 125 Å². The summed E-state index contributed by atoms with van der Waals surface area (Å²) in [5.74, 6) is -0.185. The van der Waals surface area contributed by atoms with Crippen molar-refractivity contribution < 1.29 is 14.3 Å². The lowest BCUT2D eigenvalue weighted by Crippen LogP contribution is -2.21. The first-order chi connectivity index (χ1) is 9.77. The Kier molecular flexibility index (Phi) is 4.35. The van der Waals surface area contributed by atoms with Crippen LogP contribution in [0.1, 0.15) is 39.7 Å². The van der Waals surface area contributed by atoms with Gasteiger partial charge < -0.3 is 10.1 Å². The summed E-state index contributed by atoms with van der Waals surface area (Å²) >= 11 is 0. The number of ether oxygens (including phenoxy) is 1. The van der Waals surface area contributed by atoms with Crippen molar-refractivity contribution in [2.45, 2.75) is 39.5 Å². The smallest absolute Gasteiger partial charge is 0.309 e. The predicted molar refractivity (Wildman–Crippen MR) is 82.0 cm³/mol. The average Bonchev–Trinajstić information content (AvgIpc) is 3.13. The first-order valence-electron chi connectivity index (χ1n) is 7.34. The van der Waals surface area contributed by atoms with Crippen molar-refractivity contribution in [2.24, 2.45) is 11.8 Å². The van der Waals surface area contributed by atoms with Crippen LogP contribution in [0.15, 0.2) is 24.3 Å². The van der Waals surface area contributed by atoms with E-state index in [1.807, 2.05) is 31.2 Å². The SMILES string of the molecule is C[C@H]1C[C@H]1C(=O)OCC(=O)Nc1ccc(C(C)(C)C)cc1. The highest BCUT2D eigenvalue weighted by Crippen LogP contribution is 2.38. The maximum atomic E-state index is 11.7. The van der Waals surface area contributed by atoms with Gasteiger partial charge in [-0.2, -0.15) is 0 Å². The molecule has 1 saturated carbocycles. The minimum absolute atomic E-state index is 0.0103. The molecule has 1 aliphatic carbocycles. The van der Waals surface area contributed by atoms with Crippen LogP contribution >= 0.6 is 0 Å². The fourth-order valence-corrected chi connectivity index (χ4v) is 2.14. The van der Waals surface area contributed by atoms with E-state index in [0.717, 1.165) is 6.42 Å². The van der Waals surface area contributed by atoms with Crippen LogP contribution in [-0.2, 0) is 19.7 Å². The molecule has 114 valence electrons. The van der Waals surface area contributed by atoms with Gasteiger partial charge in [-0.3, -0.25) is 9.59 Å². The monoisotopic (exact) mass is 289 g/mol. The molecule has 1 aliphatic rings. The van der Waals surface area contributed by atoms with Crippen molar-refractivity contribution in [1.82, 2.24) is 0 Å². The van der Waals surface area contributed by atoms with Crippen molar-refractivity contribution in [2.75, 3.05) is 11.9 Å². The summed E-state index contributed by atoms with van der Waals surface area (Å²) in [6.45, 7) is 8.20. The summed E-state index contributed by atoms with van der Waals surface area (Å²) in [6.07, 6.45) is 0.870. The highest BCUT2D eigenvalue weighted by molar-refractivity contribution is 5.93. The largest absolute Gasteiger partial charge is 0.455 e. The van der Waals surface area contributed by atoms with Gasteiger partial charge in [-0.1, -0.05) is 39.8 Å². The minimum atomic E-state index is -0.305. The first kappa shape index (κ1) is 15.5. The van der Waals surface area contributed by atoms with Crippen LogP contribution in [0.3, 0.4) is 0 Å². The van der Waals surface area contributed by atoms with Crippen LogP contribution in [0.2, 0.25) is 0 Å². The zero-order valence-corrected chi connectivity index (χ0v) is 13.1. The van der Waals surface area contributed by atoms with Crippen molar-refractivity contribution in [3.05, 3.63) is 29.8 Å². The second-order valence-corrected chi connectivity index (χ2v) is 6.80. The van der Waals surface area contributed by atoms with E-state index in [1.165, 1.54) is 5.56 Å². The van der Waals surface area contributed by atoms with Gasteiger partial charge in [-0.15, -0.1) is 0 Å². The number of nitrogens with one attached hydrogen (secondary N) is 1. The number of anilines is 1. The van der Waals surface area contributed by atoms with Crippen LogP contribution in [0.5, 0.6) is 0 Å². The molecule has 1 amide bonds. The summed E-state index contributed by atoms with van der Waals surface area (Å²) in [5, 5.41) is 2.73. The summed E-state index contributed by atoms with van der Waals surface area (Å²) < 4.78 is 5.00. The lowest BCUT2D eigenvalue weighted by molar-refractivity contribution is -0.148. The van der Waals surface area contributed by atoms with E-state index in [0.29, 0.717) is 11.6 Å². The zero-order valence-electron chi connectivity index (χ0n) is 13.1. The van der Waals surface area contributed by atoms with Gasteiger partial charge in [0.15, 0.2) is 6.61 Å². The van der Waals surface area contributed by atoms with Crippen molar-refractivity contribution in [3.8, 4) is 0 Å². The van der Waals surface area contributed by atoms with E-state index < -0.39 is 0 Å². The van der Waals surface area contributed by atoms with Gasteiger partial charge in [0.05, 0.1) is 5.92 Å². The number of hydrogen-bond donors (Lipinski definition) is 1. The molecule has 0 saturated heterocycles. The molecule has 0 aliphatic heterocycles. The first-order valence-corrected chi connectivity index (χ1v) is 7.34. The third-order valence-electron chi connectivity index (χ3n) is 3.79. The van der Waals surface area contributed by atoms with E-state index in [9.17, 15) is 9.59 Å². The van der Waals surface area contributed by atoms with Gasteiger partial charge in [0.25, 0.3) is 5.91 Å². The van der Waals surface area contributed by atoms with Gasteiger partial charge >= 0.3 is 5.97 Å². The number of amides is 1. The fourth-order valence-electron chi connectivity index (χ4n) is 2.14. The van der Waals surface area contributed by atoms with Gasteiger partial charge in [0, 0.05) is 5.69 Å². The third-order valence-corrected chi connectivity index (χ3v) is 3.79.